The molecule has 21 heteroatoms. The maximum atomic E-state index is 14.4. The van der Waals surface area contributed by atoms with Gasteiger partial charge in [-0.15, -0.1) is 11.3 Å². The minimum absolute atomic E-state index is 0.0547. The number of aromatic nitrogens is 1. The van der Waals surface area contributed by atoms with Crippen molar-refractivity contribution in [2.75, 3.05) is 25.0 Å². The van der Waals surface area contributed by atoms with E-state index in [1.54, 1.807) is 30.7 Å². The van der Waals surface area contributed by atoms with Crippen LogP contribution in [-0.4, -0.2) is 88.6 Å². The highest BCUT2D eigenvalue weighted by molar-refractivity contribution is 7.13. The van der Waals surface area contributed by atoms with Crippen LogP contribution in [0.5, 0.6) is 0 Å². The van der Waals surface area contributed by atoms with E-state index in [2.05, 4.69) is 31.6 Å². The second kappa shape index (κ2) is 25.2. The second-order valence-electron chi connectivity index (χ2n) is 20.3. The van der Waals surface area contributed by atoms with Gasteiger partial charge in [-0.3, -0.25) is 28.9 Å². The SMILES string of the molecule is Cc1ncsc1-c1ccc([C@H](C)NC(=O)[C@@H]2C[C@@H](O)CN2C[C@@H](NC(=O)CCCCCCCCCNC(=O)c2cc(NC(=O)c3cc(F)cc(C(F)(F)F)c3)c3c(c2)C(=O)NC3c2cc(F)ccc2Cl)C(C)(C)C=O)cc1. The minimum Gasteiger partial charge on any atom is -0.392 e. The average Bonchev–Trinajstić information content (AvgIpc) is 4.13. The number of aliphatic hydroxyl groups is 1. The van der Waals surface area contributed by atoms with Crippen molar-refractivity contribution in [1.29, 1.82) is 0 Å². The molecule has 410 valence electrons. The molecule has 2 aliphatic rings. The van der Waals surface area contributed by atoms with Gasteiger partial charge in [0.2, 0.25) is 11.8 Å². The van der Waals surface area contributed by atoms with Crippen LogP contribution < -0.4 is 26.6 Å². The number of benzene rings is 4. The van der Waals surface area contributed by atoms with Gasteiger partial charge in [0.15, 0.2) is 0 Å². The number of unbranched alkanes of at least 4 members (excludes halogenated alkanes) is 6. The van der Waals surface area contributed by atoms with Crippen LogP contribution in [0, 0.1) is 24.0 Å². The van der Waals surface area contributed by atoms with E-state index in [0.717, 1.165) is 72.2 Å². The highest BCUT2D eigenvalue weighted by Crippen LogP contribution is 2.41. The molecule has 2 aliphatic heterocycles. The first-order valence-electron chi connectivity index (χ1n) is 25.4. The number of carbonyl (C=O) groups is 6. The lowest BCUT2D eigenvalue weighted by Crippen LogP contribution is -2.55. The Labute approximate surface area is 451 Å². The van der Waals surface area contributed by atoms with Crippen molar-refractivity contribution in [2.45, 2.75) is 122 Å². The number of hydrogen-bond acceptors (Lipinski definition) is 10. The molecule has 6 N–H and O–H groups in total. The van der Waals surface area contributed by atoms with Gasteiger partial charge in [-0.25, -0.2) is 13.8 Å². The number of fused-ring (bicyclic) bond motifs is 1. The van der Waals surface area contributed by atoms with Gasteiger partial charge in [-0.05, 0) is 92.8 Å². The van der Waals surface area contributed by atoms with Crippen molar-refractivity contribution >= 4 is 64.4 Å². The third-order valence-electron chi connectivity index (χ3n) is 14.0. The monoisotopic (exact) mass is 1110 g/mol. The molecule has 7 rings (SSSR count). The molecular formula is C56H61ClF5N7O7S. The fourth-order valence-electron chi connectivity index (χ4n) is 9.61. The van der Waals surface area contributed by atoms with E-state index < -0.39 is 76.3 Å². The zero-order valence-electron chi connectivity index (χ0n) is 42.9. The first-order valence-corrected chi connectivity index (χ1v) is 26.7. The van der Waals surface area contributed by atoms with Crippen LogP contribution >= 0.6 is 22.9 Å². The molecule has 1 aromatic heterocycles. The number of nitrogens with one attached hydrogen (secondary N) is 5. The molecule has 4 aromatic carbocycles. The molecule has 5 atom stereocenters. The predicted octanol–water partition coefficient (Wildman–Crippen LogP) is 10.0. The van der Waals surface area contributed by atoms with Crippen LogP contribution in [0.1, 0.15) is 150 Å². The van der Waals surface area contributed by atoms with E-state index in [-0.39, 0.29) is 89.4 Å². The first kappa shape index (κ1) is 58.1. The topological polar surface area (TPSA) is 199 Å². The van der Waals surface area contributed by atoms with Gasteiger partial charge < -0.3 is 36.5 Å². The maximum absolute atomic E-state index is 14.4. The molecule has 14 nitrogen and oxygen atoms in total. The Morgan fingerprint density at radius 1 is 0.896 bits per heavy atom. The van der Waals surface area contributed by atoms with E-state index in [1.165, 1.54) is 18.2 Å². The quantitative estimate of drug-likeness (QED) is 0.0209. The summed E-state index contributed by atoms with van der Waals surface area (Å²) in [4.78, 5) is 86.8. The highest BCUT2D eigenvalue weighted by atomic mass is 35.5. The lowest BCUT2D eigenvalue weighted by Gasteiger charge is -2.35. The van der Waals surface area contributed by atoms with Gasteiger partial charge >= 0.3 is 6.18 Å². The lowest BCUT2D eigenvalue weighted by molar-refractivity contribution is -0.137. The average molecular weight is 1110 g/mol. The third-order valence-corrected chi connectivity index (χ3v) is 15.4. The summed E-state index contributed by atoms with van der Waals surface area (Å²) >= 11 is 7.94. The lowest BCUT2D eigenvalue weighted by atomic mass is 9.85. The Bertz CT molecular complexity index is 2990. The number of nitrogens with zero attached hydrogens (tertiary/aromatic N) is 2. The number of halogens is 6. The molecule has 1 fully saturated rings. The summed E-state index contributed by atoms with van der Waals surface area (Å²) < 4.78 is 69.3. The Hall–Kier alpha value is -6.61. The first-order chi connectivity index (χ1) is 36.5. The summed E-state index contributed by atoms with van der Waals surface area (Å²) in [6.45, 7) is 7.93. The summed E-state index contributed by atoms with van der Waals surface area (Å²) in [5, 5.41) is 24.7. The minimum atomic E-state index is -4.97. The molecule has 0 aliphatic carbocycles. The molecule has 1 saturated heterocycles. The van der Waals surface area contributed by atoms with E-state index in [1.807, 2.05) is 43.0 Å². The number of likely N-dealkylation sites (tertiary alicyclic amines) is 1. The van der Waals surface area contributed by atoms with Crippen LogP contribution in [0.4, 0.5) is 27.6 Å². The number of hydrogen-bond donors (Lipinski definition) is 6. The molecule has 5 aromatic rings. The Kier molecular flexibility index (Phi) is 19.0. The number of alkyl halides is 3. The van der Waals surface area contributed by atoms with E-state index in [4.69, 9.17) is 11.6 Å². The Balaban J connectivity index is 0.864. The number of amides is 5. The summed E-state index contributed by atoms with van der Waals surface area (Å²) in [5.74, 6) is -4.99. The Morgan fingerprint density at radius 3 is 2.26 bits per heavy atom. The molecule has 0 bridgehead atoms. The van der Waals surface area contributed by atoms with Crippen LogP contribution in [-0.2, 0) is 20.6 Å². The number of β-amino-alcohol motifs (C(OH)–C–C–N with tert-alkyl or cyclic N) is 1. The van der Waals surface area contributed by atoms with E-state index in [9.17, 15) is 55.8 Å². The van der Waals surface area contributed by atoms with Crippen molar-refractivity contribution in [2.24, 2.45) is 5.41 Å². The number of rotatable bonds is 23. The largest absolute Gasteiger partial charge is 0.416 e. The predicted molar refractivity (Wildman–Crippen MR) is 282 cm³/mol. The number of aryl methyl sites for hydroxylation is 1. The fourth-order valence-corrected chi connectivity index (χ4v) is 10.7. The van der Waals surface area contributed by atoms with Gasteiger partial charge in [-0.1, -0.05) is 81.8 Å². The van der Waals surface area contributed by atoms with Crippen molar-refractivity contribution in [3.63, 3.8) is 0 Å². The van der Waals surface area contributed by atoms with Crippen LogP contribution in [0.25, 0.3) is 10.4 Å². The van der Waals surface area contributed by atoms with Crippen molar-refractivity contribution in [3.8, 4) is 10.4 Å². The van der Waals surface area contributed by atoms with Gasteiger partial charge in [0.1, 0.15) is 17.9 Å². The van der Waals surface area contributed by atoms with E-state index >= 15 is 0 Å². The zero-order valence-corrected chi connectivity index (χ0v) is 44.5. The van der Waals surface area contributed by atoms with Gasteiger partial charge in [0.25, 0.3) is 17.7 Å². The normalized spacial score (nSPS) is 17.3. The summed E-state index contributed by atoms with van der Waals surface area (Å²) in [6.07, 6.45) is 0.680. The second-order valence-corrected chi connectivity index (χ2v) is 21.5. The molecule has 0 saturated carbocycles. The molecule has 0 spiro atoms. The number of anilines is 1. The van der Waals surface area contributed by atoms with E-state index in [0.29, 0.717) is 25.0 Å². The highest BCUT2D eigenvalue weighted by Gasteiger charge is 2.41. The van der Waals surface area contributed by atoms with Crippen molar-refractivity contribution in [1.82, 2.24) is 31.2 Å². The number of aldehydes is 1. The van der Waals surface area contributed by atoms with Gasteiger partial charge in [0.05, 0.1) is 51.9 Å². The molecule has 3 heterocycles. The number of carbonyl (C=O) groups excluding carboxylic acids is 6. The van der Waals surface area contributed by atoms with Gasteiger partial charge in [-0.2, -0.15) is 13.2 Å². The summed E-state index contributed by atoms with van der Waals surface area (Å²) in [6, 6.07) is 12.4. The zero-order chi connectivity index (χ0) is 55.8. The maximum Gasteiger partial charge on any atom is 0.416 e. The Morgan fingerprint density at radius 2 is 1.58 bits per heavy atom. The van der Waals surface area contributed by atoms with Crippen LogP contribution in [0.3, 0.4) is 0 Å². The number of aliphatic hydroxyl groups excluding tert-OH is 1. The number of thiazole rings is 1. The van der Waals surface area contributed by atoms with Crippen molar-refractivity contribution < 1.29 is 55.8 Å². The summed E-state index contributed by atoms with van der Waals surface area (Å²) in [7, 11) is 0. The fraction of sp³-hybridized carbons (Fsp3) is 0.411. The summed E-state index contributed by atoms with van der Waals surface area (Å²) in [5.41, 5.74) is 1.48. The van der Waals surface area contributed by atoms with Gasteiger partial charge in [0, 0.05) is 70.0 Å². The molecule has 77 heavy (non-hydrogen) atoms. The standard InChI is InChI=1S/C56H61ClF5N7O7S/c1-31(33-13-15-34(16-14-33)50-32(2)64-30-77-50)65-54(76)45-26-40(71)27-69(45)28-46(55(3,4)29-70)67-47(72)12-10-8-6-5-7-9-11-19-63-51(73)36-22-42-48(49(68-53(42)75)41-25-38(58)17-18-43(41)57)44(23-36)66-52(74)35-20-37(56(60,61)62)24-39(59)21-35/h13-18,20-25,29-31,40,45-46,49,71H,5-12,19,26-28H2,1-4H3,(H,63,73)(H,65,76)(H,66,74)(H,67,72)(H,68,75)/t31-,40+,45-,46+,49?/m0/s1. The molecular weight excluding hydrogens is 1050 g/mol. The van der Waals surface area contributed by atoms with Crippen LogP contribution in [0.2, 0.25) is 5.02 Å². The molecule has 0 radical (unpaired) electrons. The molecule has 5 amide bonds. The van der Waals surface area contributed by atoms with Crippen molar-refractivity contribution in [3.05, 3.63) is 140 Å². The van der Waals surface area contributed by atoms with Crippen LogP contribution in [0.15, 0.2) is 78.3 Å². The third kappa shape index (κ3) is 14.7. The smallest absolute Gasteiger partial charge is 0.392 e. The molecule has 1 unspecified atom stereocenters.